The van der Waals surface area contributed by atoms with E-state index in [0.29, 0.717) is 5.41 Å². The molecule has 1 aliphatic carbocycles. The number of carbonyl (C=O) groups is 1. The average molecular weight is 251 g/mol. The summed E-state index contributed by atoms with van der Waals surface area (Å²) in [5, 5.41) is 2.88. The van der Waals surface area contributed by atoms with Gasteiger partial charge in [-0.2, -0.15) is 0 Å². The molecule has 0 aromatic rings. The molecular weight excluding hydrogens is 226 g/mol. The van der Waals surface area contributed by atoms with Crippen LogP contribution in [0.3, 0.4) is 0 Å². The molecule has 1 N–H and O–H groups in total. The van der Waals surface area contributed by atoms with E-state index in [4.69, 9.17) is 11.2 Å². The molecular formula is C15H25NO2. The topological polar surface area (TPSA) is 38.3 Å². The van der Waals surface area contributed by atoms with Crippen molar-refractivity contribution in [3.8, 4) is 12.3 Å². The molecule has 0 aromatic carbocycles. The van der Waals surface area contributed by atoms with Crippen LogP contribution in [0.2, 0.25) is 0 Å². The van der Waals surface area contributed by atoms with Crippen LogP contribution in [-0.2, 0) is 4.74 Å². The lowest BCUT2D eigenvalue weighted by atomic mass is 9.70. The average Bonchev–Trinajstić information content (AvgIpc) is 2.19. The second-order valence-corrected chi connectivity index (χ2v) is 7.02. The van der Waals surface area contributed by atoms with E-state index in [-0.39, 0.29) is 0 Å². The summed E-state index contributed by atoms with van der Waals surface area (Å²) in [7, 11) is 0. The van der Waals surface area contributed by atoms with Crippen LogP contribution in [0.5, 0.6) is 0 Å². The minimum atomic E-state index is -0.530. The highest BCUT2D eigenvalue weighted by Gasteiger charge is 2.38. The van der Waals surface area contributed by atoms with Crippen LogP contribution in [0.4, 0.5) is 4.79 Å². The van der Waals surface area contributed by atoms with Crippen molar-refractivity contribution in [2.24, 2.45) is 5.41 Å². The summed E-state index contributed by atoms with van der Waals surface area (Å²) in [5.41, 5.74) is -0.707. The maximum Gasteiger partial charge on any atom is 0.408 e. The van der Waals surface area contributed by atoms with Crippen LogP contribution in [0.15, 0.2) is 0 Å². The smallest absolute Gasteiger partial charge is 0.408 e. The SMILES string of the molecule is C#CC1(NC(=O)OC(C)(C)C)CCC(C)(C)CC1. The molecule has 0 unspecified atom stereocenters. The summed E-state index contributed by atoms with van der Waals surface area (Å²) >= 11 is 0. The van der Waals surface area contributed by atoms with Gasteiger partial charge in [0.25, 0.3) is 0 Å². The normalized spacial score (nSPS) is 21.8. The number of alkyl carbamates (subject to hydrolysis) is 1. The Morgan fingerprint density at radius 1 is 1.22 bits per heavy atom. The Balaban J connectivity index is 2.64. The van der Waals surface area contributed by atoms with Crippen LogP contribution in [0.1, 0.15) is 60.3 Å². The minimum Gasteiger partial charge on any atom is -0.444 e. The zero-order valence-electron chi connectivity index (χ0n) is 12.2. The van der Waals surface area contributed by atoms with E-state index < -0.39 is 17.2 Å². The van der Waals surface area contributed by atoms with Crippen LogP contribution in [-0.4, -0.2) is 17.2 Å². The van der Waals surface area contributed by atoms with Gasteiger partial charge in [-0.15, -0.1) is 6.42 Å². The quantitative estimate of drug-likeness (QED) is 0.724. The minimum absolute atomic E-state index is 0.315. The van der Waals surface area contributed by atoms with Crippen molar-refractivity contribution < 1.29 is 9.53 Å². The Kier molecular flexibility index (Phi) is 4.00. The van der Waals surface area contributed by atoms with Crippen LogP contribution in [0.25, 0.3) is 0 Å². The summed E-state index contributed by atoms with van der Waals surface area (Å²) in [6.45, 7) is 10.0. The van der Waals surface area contributed by atoms with E-state index in [2.05, 4.69) is 25.1 Å². The number of rotatable bonds is 1. The monoisotopic (exact) mass is 251 g/mol. The summed E-state index contributed by atoms with van der Waals surface area (Å²) in [6, 6.07) is 0. The summed E-state index contributed by atoms with van der Waals surface area (Å²) in [5.74, 6) is 2.76. The van der Waals surface area contributed by atoms with E-state index in [1.807, 2.05) is 20.8 Å². The van der Waals surface area contributed by atoms with Crippen molar-refractivity contribution in [3.05, 3.63) is 0 Å². The van der Waals surface area contributed by atoms with Crippen LogP contribution in [0, 0.1) is 17.8 Å². The van der Waals surface area contributed by atoms with Gasteiger partial charge in [0.1, 0.15) is 11.1 Å². The third kappa shape index (κ3) is 4.25. The fourth-order valence-corrected chi connectivity index (χ4v) is 2.16. The molecule has 0 atom stereocenters. The number of amides is 1. The molecule has 3 nitrogen and oxygen atoms in total. The molecule has 1 rings (SSSR count). The van der Waals surface area contributed by atoms with Gasteiger partial charge in [-0.25, -0.2) is 4.79 Å². The van der Waals surface area contributed by atoms with Gasteiger partial charge in [0.15, 0.2) is 0 Å². The molecule has 0 radical (unpaired) electrons. The highest BCUT2D eigenvalue weighted by molar-refractivity contribution is 5.69. The van der Waals surface area contributed by atoms with Crippen LogP contribution < -0.4 is 5.32 Å². The molecule has 102 valence electrons. The number of ether oxygens (including phenoxy) is 1. The van der Waals surface area contributed by atoms with Gasteiger partial charge < -0.3 is 10.1 Å². The maximum atomic E-state index is 11.8. The molecule has 0 spiro atoms. The fourth-order valence-electron chi connectivity index (χ4n) is 2.16. The van der Waals surface area contributed by atoms with Crippen molar-refractivity contribution in [1.29, 1.82) is 0 Å². The lowest BCUT2D eigenvalue weighted by molar-refractivity contribution is 0.0434. The van der Waals surface area contributed by atoms with Gasteiger partial charge in [-0.05, 0) is 51.9 Å². The van der Waals surface area contributed by atoms with Crippen molar-refractivity contribution in [2.45, 2.75) is 71.4 Å². The molecule has 0 aromatic heterocycles. The molecule has 1 amide bonds. The summed E-state index contributed by atoms with van der Waals surface area (Å²) in [4.78, 5) is 11.8. The zero-order valence-corrected chi connectivity index (χ0v) is 12.2. The van der Waals surface area contributed by atoms with Crippen molar-refractivity contribution in [2.75, 3.05) is 0 Å². The van der Waals surface area contributed by atoms with Crippen molar-refractivity contribution >= 4 is 6.09 Å². The number of hydrogen-bond acceptors (Lipinski definition) is 2. The number of hydrogen-bond donors (Lipinski definition) is 1. The lowest BCUT2D eigenvalue weighted by Gasteiger charge is -2.41. The first-order valence-electron chi connectivity index (χ1n) is 6.57. The summed E-state index contributed by atoms with van der Waals surface area (Å²) < 4.78 is 5.27. The Labute approximate surface area is 111 Å². The molecule has 0 saturated heterocycles. The summed E-state index contributed by atoms with van der Waals surface area (Å²) in [6.07, 6.45) is 8.87. The van der Waals surface area contributed by atoms with Gasteiger partial charge in [-0.1, -0.05) is 19.8 Å². The number of nitrogens with one attached hydrogen (secondary N) is 1. The van der Waals surface area contributed by atoms with Gasteiger partial charge in [-0.3, -0.25) is 0 Å². The fraction of sp³-hybridized carbons (Fsp3) is 0.800. The Bertz CT molecular complexity index is 348. The van der Waals surface area contributed by atoms with E-state index in [0.717, 1.165) is 25.7 Å². The van der Waals surface area contributed by atoms with Crippen molar-refractivity contribution in [1.82, 2.24) is 5.32 Å². The molecule has 0 heterocycles. The van der Waals surface area contributed by atoms with Gasteiger partial charge >= 0.3 is 6.09 Å². The van der Waals surface area contributed by atoms with Gasteiger partial charge in [0.2, 0.25) is 0 Å². The molecule has 18 heavy (non-hydrogen) atoms. The zero-order chi connectivity index (χ0) is 14.0. The standard InChI is InChI=1S/C15H25NO2/c1-7-15(10-8-14(5,6)9-11-15)16-12(17)18-13(2,3)4/h1H,8-11H2,2-6H3,(H,16,17). The first-order valence-corrected chi connectivity index (χ1v) is 6.57. The third-order valence-corrected chi connectivity index (χ3v) is 3.47. The molecule has 0 aliphatic heterocycles. The first kappa shape index (κ1) is 14.9. The van der Waals surface area contributed by atoms with Gasteiger partial charge in [0.05, 0.1) is 0 Å². The van der Waals surface area contributed by atoms with Crippen LogP contribution >= 0.6 is 0 Å². The number of terminal acetylenes is 1. The lowest BCUT2D eigenvalue weighted by Crippen LogP contribution is -2.52. The highest BCUT2D eigenvalue weighted by atomic mass is 16.6. The second-order valence-electron chi connectivity index (χ2n) is 7.02. The first-order chi connectivity index (χ1) is 8.08. The Hall–Kier alpha value is -1.17. The molecule has 1 aliphatic rings. The largest absolute Gasteiger partial charge is 0.444 e. The molecule has 1 fully saturated rings. The molecule has 0 bridgehead atoms. The Morgan fingerprint density at radius 2 is 1.72 bits per heavy atom. The second kappa shape index (κ2) is 4.84. The third-order valence-electron chi connectivity index (χ3n) is 3.47. The van der Waals surface area contributed by atoms with E-state index >= 15 is 0 Å². The maximum absolute atomic E-state index is 11.8. The predicted molar refractivity (Wildman–Crippen MR) is 73.2 cm³/mol. The highest BCUT2D eigenvalue weighted by Crippen LogP contribution is 2.39. The van der Waals surface area contributed by atoms with E-state index in [1.165, 1.54) is 0 Å². The Morgan fingerprint density at radius 3 is 2.11 bits per heavy atom. The molecule has 1 saturated carbocycles. The van der Waals surface area contributed by atoms with Gasteiger partial charge in [0, 0.05) is 0 Å². The number of carbonyl (C=O) groups excluding carboxylic acids is 1. The van der Waals surface area contributed by atoms with Crippen molar-refractivity contribution in [3.63, 3.8) is 0 Å². The van der Waals surface area contributed by atoms with E-state index in [1.54, 1.807) is 0 Å². The molecule has 3 heteroatoms. The predicted octanol–water partition coefficient (Wildman–Crippen LogP) is 3.48. The van der Waals surface area contributed by atoms with E-state index in [9.17, 15) is 4.79 Å².